The highest BCUT2D eigenvalue weighted by Crippen LogP contribution is 2.14. The average Bonchev–Trinajstić information content (AvgIpc) is 2.31. The van der Waals surface area contributed by atoms with Gasteiger partial charge < -0.3 is 11.1 Å². The van der Waals surface area contributed by atoms with E-state index in [2.05, 4.69) is 10.3 Å². The number of rotatable bonds is 5. The molecule has 0 fully saturated rings. The predicted molar refractivity (Wildman–Crippen MR) is 69.5 cm³/mol. The van der Waals surface area contributed by atoms with Crippen LogP contribution < -0.4 is 11.1 Å². The summed E-state index contributed by atoms with van der Waals surface area (Å²) in [5, 5.41) is 2.84. The van der Waals surface area contributed by atoms with E-state index < -0.39 is 10.8 Å². The molecule has 0 bridgehead atoms. The standard InChI is InChI=1S/C10H14ClN3O2S/c1-2-17(16)4-3-13-10(15)7-5-9(11)14-6-8(7)12/h5-6H,2-4,12H2,1H3,(H,13,15). The van der Waals surface area contributed by atoms with Crippen LogP contribution in [0.25, 0.3) is 0 Å². The second-order valence-electron chi connectivity index (χ2n) is 3.28. The summed E-state index contributed by atoms with van der Waals surface area (Å²) in [5.74, 6) is 0.681. The lowest BCUT2D eigenvalue weighted by molar-refractivity contribution is 0.0957. The van der Waals surface area contributed by atoms with E-state index in [4.69, 9.17) is 17.3 Å². The van der Waals surface area contributed by atoms with Crippen molar-refractivity contribution in [3.8, 4) is 0 Å². The van der Waals surface area contributed by atoms with Crippen LogP contribution in [0.5, 0.6) is 0 Å². The molecule has 0 aliphatic heterocycles. The Labute approximate surface area is 107 Å². The van der Waals surface area contributed by atoms with E-state index in [1.54, 1.807) is 0 Å². The molecule has 0 saturated heterocycles. The highest BCUT2D eigenvalue weighted by molar-refractivity contribution is 7.84. The summed E-state index contributed by atoms with van der Waals surface area (Å²) < 4.78 is 11.2. The lowest BCUT2D eigenvalue weighted by atomic mass is 10.2. The number of nitrogens with two attached hydrogens (primary N) is 1. The summed E-state index contributed by atoms with van der Waals surface area (Å²) in [5.41, 5.74) is 6.16. The molecular formula is C10H14ClN3O2S. The Morgan fingerprint density at radius 1 is 1.65 bits per heavy atom. The molecule has 1 rings (SSSR count). The summed E-state index contributed by atoms with van der Waals surface area (Å²) in [7, 11) is -0.894. The summed E-state index contributed by atoms with van der Waals surface area (Å²) >= 11 is 5.67. The van der Waals surface area contributed by atoms with Crippen LogP contribution in [0.2, 0.25) is 5.15 Å². The van der Waals surface area contributed by atoms with Crippen LogP contribution in [-0.2, 0) is 10.8 Å². The van der Waals surface area contributed by atoms with Gasteiger partial charge in [0.25, 0.3) is 5.91 Å². The first-order chi connectivity index (χ1) is 8.04. The summed E-state index contributed by atoms with van der Waals surface area (Å²) in [6.45, 7) is 2.18. The topological polar surface area (TPSA) is 85.1 Å². The van der Waals surface area contributed by atoms with Crippen LogP contribution in [0.3, 0.4) is 0 Å². The van der Waals surface area contributed by atoms with Crippen molar-refractivity contribution in [2.75, 3.05) is 23.8 Å². The van der Waals surface area contributed by atoms with E-state index in [-0.39, 0.29) is 22.3 Å². The van der Waals surface area contributed by atoms with Crippen LogP contribution in [0.15, 0.2) is 12.3 Å². The fourth-order valence-corrected chi connectivity index (χ4v) is 1.93. The van der Waals surface area contributed by atoms with Gasteiger partial charge in [0.05, 0.1) is 17.4 Å². The Balaban J connectivity index is 2.58. The van der Waals surface area contributed by atoms with E-state index >= 15 is 0 Å². The van der Waals surface area contributed by atoms with E-state index in [0.29, 0.717) is 18.1 Å². The molecular weight excluding hydrogens is 262 g/mol. The zero-order valence-electron chi connectivity index (χ0n) is 9.40. The van der Waals surface area contributed by atoms with E-state index in [0.717, 1.165) is 0 Å². The molecule has 1 amide bonds. The van der Waals surface area contributed by atoms with Gasteiger partial charge in [-0.1, -0.05) is 18.5 Å². The molecule has 17 heavy (non-hydrogen) atoms. The van der Waals surface area contributed by atoms with Crippen LogP contribution in [0.1, 0.15) is 17.3 Å². The zero-order chi connectivity index (χ0) is 12.8. The third-order valence-corrected chi connectivity index (χ3v) is 3.59. The van der Waals surface area contributed by atoms with Gasteiger partial charge in [-0.3, -0.25) is 9.00 Å². The van der Waals surface area contributed by atoms with Crippen molar-refractivity contribution in [1.82, 2.24) is 10.3 Å². The first-order valence-electron chi connectivity index (χ1n) is 5.08. The quantitative estimate of drug-likeness (QED) is 0.779. The van der Waals surface area contributed by atoms with Gasteiger partial charge in [-0.25, -0.2) is 4.98 Å². The highest BCUT2D eigenvalue weighted by Gasteiger charge is 2.10. The molecule has 7 heteroatoms. The molecule has 0 aromatic carbocycles. The number of nitrogen functional groups attached to an aromatic ring is 1. The van der Waals surface area contributed by atoms with Crippen molar-refractivity contribution in [2.45, 2.75) is 6.92 Å². The maximum Gasteiger partial charge on any atom is 0.253 e. The molecule has 0 radical (unpaired) electrons. The molecule has 0 aliphatic carbocycles. The lowest BCUT2D eigenvalue weighted by Gasteiger charge is -2.07. The Morgan fingerprint density at radius 3 is 3.00 bits per heavy atom. The number of nitrogens with zero attached hydrogens (tertiary/aromatic N) is 1. The summed E-state index contributed by atoms with van der Waals surface area (Å²) in [6, 6.07) is 1.41. The molecule has 1 atom stereocenters. The monoisotopic (exact) mass is 275 g/mol. The molecule has 0 aliphatic rings. The number of hydrogen-bond donors (Lipinski definition) is 2. The first kappa shape index (κ1) is 13.9. The van der Waals surface area contributed by atoms with Gasteiger partial charge in [-0.15, -0.1) is 0 Å². The molecule has 1 unspecified atom stereocenters. The molecule has 1 aromatic rings. The van der Waals surface area contributed by atoms with Gasteiger partial charge in [-0.2, -0.15) is 0 Å². The first-order valence-corrected chi connectivity index (χ1v) is 6.95. The van der Waals surface area contributed by atoms with Crippen molar-refractivity contribution < 1.29 is 9.00 Å². The fraction of sp³-hybridized carbons (Fsp3) is 0.400. The van der Waals surface area contributed by atoms with Crippen LogP contribution >= 0.6 is 11.6 Å². The van der Waals surface area contributed by atoms with Gasteiger partial charge in [0.2, 0.25) is 0 Å². The molecule has 1 aromatic heterocycles. The molecule has 5 nitrogen and oxygen atoms in total. The van der Waals surface area contributed by atoms with Crippen molar-refractivity contribution in [2.24, 2.45) is 0 Å². The number of aromatic nitrogens is 1. The Bertz CT molecular complexity index is 440. The Hall–Kier alpha value is -1.14. The lowest BCUT2D eigenvalue weighted by Crippen LogP contribution is -2.28. The van der Waals surface area contributed by atoms with E-state index in [1.807, 2.05) is 6.92 Å². The number of amides is 1. The van der Waals surface area contributed by atoms with Gasteiger partial charge in [0.1, 0.15) is 5.15 Å². The average molecular weight is 276 g/mol. The highest BCUT2D eigenvalue weighted by atomic mass is 35.5. The number of carbonyl (C=O) groups is 1. The van der Waals surface area contributed by atoms with Gasteiger partial charge >= 0.3 is 0 Å². The second-order valence-corrected chi connectivity index (χ2v) is 5.54. The SMILES string of the molecule is CCS(=O)CCNC(=O)c1cc(Cl)ncc1N. The smallest absolute Gasteiger partial charge is 0.253 e. The summed E-state index contributed by atoms with van der Waals surface area (Å²) in [6.07, 6.45) is 1.33. The van der Waals surface area contributed by atoms with Crippen LogP contribution in [0.4, 0.5) is 5.69 Å². The second kappa shape index (κ2) is 6.56. The number of carbonyl (C=O) groups excluding carboxylic acids is 1. The van der Waals surface area contributed by atoms with Gasteiger partial charge in [0.15, 0.2) is 0 Å². The summed E-state index contributed by atoms with van der Waals surface area (Å²) in [4.78, 5) is 15.5. The van der Waals surface area contributed by atoms with Gasteiger partial charge in [0, 0.05) is 28.9 Å². The molecule has 3 N–H and O–H groups in total. The van der Waals surface area contributed by atoms with Gasteiger partial charge in [-0.05, 0) is 6.07 Å². The fourth-order valence-electron chi connectivity index (χ4n) is 1.16. The van der Waals surface area contributed by atoms with E-state index in [1.165, 1.54) is 12.3 Å². The van der Waals surface area contributed by atoms with Crippen molar-refractivity contribution in [1.29, 1.82) is 0 Å². The van der Waals surface area contributed by atoms with Crippen LogP contribution in [-0.4, -0.2) is 33.2 Å². The zero-order valence-corrected chi connectivity index (χ0v) is 11.0. The maximum absolute atomic E-state index is 11.7. The minimum Gasteiger partial charge on any atom is -0.397 e. The number of pyridine rings is 1. The third-order valence-electron chi connectivity index (χ3n) is 2.08. The molecule has 94 valence electrons. The number of hydrogen-bond acceptors (Lipinski definition) is 4. The van der Waals surface area contributed by atoms with Crippen molar-refractivity contribution in [3.05, 3.63) is 23.0 Å². The van der Waals surface area contributed by atoms with Crippen molar-refractivity contribution >= 4 is 34.0 Å². The minimum absolute atomic E-state index is 0.210. The van der Waals surface area contributed by atoms with Crippen LogP contribution in [0, 0.1) is 0 Å². The minimum atomic E-state index is -0.894. The van der Waals surface area contributed by atoms with Crippen molar-refractivity contribution in [3.63, 3.8) is 0 Å². The normalized spacial score (nSPS) is 12.1. The molecule has 0 saturated carbocycles. The Morgan fingerprint density at radius 2 is 2.35 bits per heavy atom. The maximum atomic E-state index is 11.7. The predicted octanol–water partition coefficient (Wildman–Crippen LogP) is 0.816. The number of nitrogens with one attached hydrogen (secondary N) is 1. The van der Waals surface area contributed by atoms with E-state index in [9.17, 15) is 9.00 Å². The molecule has 1 heterocycles. The Kier molecular flexibility index (Phi) is 5.37. The number of halogens is 1. The molecule has 0 spiro atoms. The number of anilines is 1. The third kappa shape index (κ3) is 4.32. The largest absolute Gasteiger partial charge is 0.397 e.